The standard InChI is InChI=1S/C18H23N3O3S/c1-18(2,22)15-6-8-16(9-7-15)20-11-13-21(14-12-20)25(23,24)17-5-3-4-10-19-17/h3-10,22H,11-14H2,1-2H3. The lowest BCUT2D eigenvalue weighted by molar-refractivity contribution is 0.0786. The summed E-state index contributed by atoms with van der Waals surface area (Å²) in [5.74, 6) is 0. The molecule has 1 saturated heterocycles. The lowest BCUT2D eigenvalue weighted by Gasteiger charge is -2.35. The Morgan fingerprint density at radius 2 is 1.64 bits per heavy atom. The van der Waals surface area contributed by atoms with Gasteiger partial charge in [-0.2, -0.15) is 4.31 Å². The minimum atomic E-state index is -3.53. The van der Waals surface area contributed by atoms with Crippen molar-refractivity contribution in [3.05, 3.63) is 54.2 Å². The van der Waals surface area contributed by atoms with E-state index in [0.29, 0.717) is 26.2 Å². The van der Waals surface area contributed by atoms with Gasteiger partial charge in [0.2, 0.25) is 0 Å². The first-order valence-corrected chi connectivity index (χ1v) is 9.71. The van der Waals surface area contributed by atoms with E-state index in [-0.39, 0.29) is 5.03 Å². The maximum Gasteiger partial charge on any atom is 0.260 e. The van der Waals surface area contributed by atoms with Crippen molar-refractivity contribution in [1.29, 1.82) is 0 Å². The van der Waals surface area contributed by atoms with Gasteiger partial charge in [0, 0.05) is 38.1 Å². The fourth-order valence-corrected chi connectivity index (χ4v) is 4.25. The Bertz CT molecular complexity index is 807. The average Bonchev–Trinajstić information content (AvgIpc) is 2.62. The Kier molecular flexibility index (Phi) is 4.81. The van der Waals surface area contributed by atoms with Crippen LogP contribution in [0.1, 0.15) is 19.4 Å². The first kappa shape index (κ1) is 17.8. The van der Waals surface area contributed by atoms with Gasteiger partial charge in [-0.25, -0.2) is 13.4 Å². The number of pyridine rings is 1. The molecule has 25 heavy (non-hydrogen) atoms. The number of sulfonamides is 1. The van der Waals surface area contributed by atoms with Crippen LogP contribution in [0.3, 0.4) is 0 Å². The third-order valence-corrected chi connectivity index (χ3v) is 6.23. The Labute approximate surface area is 148 Å². The fourth-order valence-electron chi connectivity index (χ4n) is 2.90. The molecule has 1 aromatic carbocycles. The molecule has 3 rings (SSSR count). The minimum Gasteiger partial charge on any atom is -0.386 e. The zero-order chi connectivity index (χ0) is 18.1. The van der Waals surface area contributed by atoms with Gasteiger partial charge in [0.25, 0.3) is 10.0 Å². The molecule has 1 aliphatic rings. The molecular weight excluding hydrogens is 338 g/mol. The number of hydrogen-bond donors (Lipinski definition) is 1. The predicted octanol–water partition coefficient (Wildman–Crippen LogP) is 1.82. The summed E-state index contributed by atoms with van der Waals surface area (Å²) in [4.78, 5) is 6.12. The quantitative estimate of drug-likeness (QED) is 0.899. The number of nitrogens with zero attached hydrogens (tertiary/aromatic N) is 3. The molecule has 0 spiro atoms. The van der Waals surface area contributed by atoms with Gasteiger partial charge in [-0.1, -0.05) is 18.2 Å². The van der Waals surface area contributed by atoms with Gasteiger partial charge in [0.1, 0.15) is 0 Å². The van der Waals surface area contributed by atoms with E-state index in [0.717, 1.165) is 11.3 Å². The van der Waals surface area contributed by atoms with Gasteiger partial charge in [0.05, 0.1) is 5.60 Å². The zero-order valence-corrected chi connectivity index (χ0v) is 15.3. The molecule has 0 aliphatic carbocycles. The van der Waals surface area contributed by atoms with E-state index in [4.69, 9.17) is 0 Å². The van der Waals surface area contributed by atoms with Gasteiger partial charge >= 0.3 is 0 Å². The largest absolute Gasteiger partial charge is 0.386 e. The predicted molar refractivity (Wildman–Crippen MR) is 96.9 cm³/mol. The molecule has 0 atom stereocenters. The molecule has 7 heteroatoms. The summed E-state index contributed by atoms with van der Waals surface area (Å²) in [7, 11) is -3.53. The molecule has 0 bridgehead atoms. The van der Waals surface area contributed by atoms with Gasteiger partial charge in [0.15, 0.2) is 5.03 Å². The van der Waals surface area contributed by atoms with Crippen LogP contribution < -0.4 is 4.90 Å². The number of aliphatic hydroxyl groups is 1. The maximum atomic E-state index is 12.6. The van der Waals surface area contributed by atoms with Gasteiger partial charge in [-0.05, 0) is 43.7 Å². The van der Waals surface area contributed by atoms with Crippen LogP contribution in [0, 0.1) is 0 Å². The molecule has 2 aromatic rings. The van der Waals surface area contributed by atoms with Gasteiger partial charge in [-0.15, -0.1) is 0 Å². The van der Waals surface area contributed by atoms with Crippen LogP contribution in [0.4, 0.5) is 5.69 Å². The second-order valence-corrected chi connectivity index (χ2v) is 8.55. The summed E-state index contributed by atoms with van der Waals surface area (Å²) in [6.07, 6.45) is 1.49. The summed E-state index contributed by atoms with van der Waals surface area (Å²) in [6.45, 7) is 5.59. The monoisotopic (exact) mass is 361 g/mol. The van der Waals surface area contributed by atoms with Crippen LogP contribution in [-0.4, -0.2) is 49.0 Å². The molecule has 2 heterocycles. The van der Waals surface area contributed by atoms with Crippen LogP contribution >= 0.6 is 0 Å². The number of hydrogen-bond acceptors (Lipinski definition) is 5. The van der Waals surface area contributed by atoms with Gasteiger partial charge < -0.3 is 10.0 Å². The Morgan fingerprint density at radius 3 is 2.16 bits per heavy atom. The summed E-state index contributed by atoms with van der Waals surface area (Å²) in [6, 6.07) is 12.7. The van der Waals surface area contributed by atoms with E-state index in [1.54, 1.807) is 26.0 Å². The van der Waals surface area contributed by atoms with E-state index in [1.165, 1.54) is 16.6 Å². The van der Waals surface area contributed by atoms with E-state index < -0.39 is 15.6 Å². The minimum absolute atomic E-state index is 0.0954. The highest BCUT2D eigenvalue weighted by molar-refractivity contribution is 7.89. The van der Waals surface area contributed by atoms with Crippen LogP contribution in [-0.2, 0) is 15.6 Å². The van der Waals surface area contributed by atoms with Crippen molar-refractivity contribution in [2.24, 2.45) is 0 Å². The maximum absolute atomic E-state index is 12.6. The Balaban J connectivity index is 1.68. The number of piperazine rings is 1. The van der Waals surface area contributed by atoms with E-state index in [9.17, 15) is 13.5 Å². The summed E-state index contributed by atoms with van der Waals surface area (Å²) in [5.41, 5.74) is 1.02. The van der Waals surface area contributed by atoms with Crippen molar-refractivity contribution in [2.75, 3.05) is 31.1 Å². The van der Waals surface area contributed by atoms with Gasteiger partial charge in [-0.3, -0.25) is 0 Å². The molecule has 1 fully saturated rings. The topological polar surface area (TPSA) is 73.7 Å². The highest BCUT2D eigenvalue weighted by Gasteiger charge is 2.29. The van der Waals surface area contributed by atoms with Crippen molar-refractivity contribution in [3.8, 4) is 0 Å². The molecule has 134 valence electrons. The molecule has 0 saturated carbocycles. The van der Waals surface area contributed by atoms with Crippen molar-refractivity contribution in [2.45, 2.75) is 24.5 Å². The molecule has 0 amide bonds. The highest BCUT2D eigenvalue weighted by atomic mass is 32.2. The number of aromatic nitrogens is 1. The van der Waals surface area contributed by atoms with Crippen molar-refractivity contribution in [1.82, 2.24) is 9.29 Å². The van der Waals surface area contributed by atoms with E-state index >= 15 is 0 Å². The van der Waals surface area contributed by atoms with Crippen LogP contribution in [0.15, 0.2) is 53.7 Å². The summed E-state index contributed by atoms with van der Waals surface area (Å²) < 4.78 is 26.7. The van der Waals surface area contributed by atoms with E-state index in [1.807, 2.05) is 24.3 Å². The molecule has 0 radical (unpaired) electrons. The number of benzene rings is 1. The van der Waals surface area contributed by atoms with Crippen molar-refractivity contribution >= 4 is 15.7 Å². The van der Waals surface area contributed by atoms with Crippen LogP contribution in [0.2, 0.25) is 0 Å². The first-order chi connectivity index (χ1) is 11.8. The Hall–Kier alpha value is -1.96. The van der Waals surface area contributed by atoms with Crippen molar-refractivity contribution in [3.63, 3.8) is 0 Å². The number of rotatable bonds is 4. The van der Waals surface area contributed by atoms with Crippen LogP contribution in [0.5, 0.6) is 0 Å². The number of anilines is 1. The highest BCUT2D eigenvalue weighted by Crippen LogP contribution is 2.24. The molecule has 0 unspecified atom stereocenters. The second-order valence-electron chi connectivity index (χ2n) is 6.66. The van der Waals surface area contributed by atoms with E-state index in [2.05, 4.69) is 9.88 Å². The SMILES string of the molecule is CC(C)(O)c1ccc(N2CCN(S(=O)(=O)c3ccccn3)CC2)cc1. The smallest absolute Gasteiger partial charge is 0.260 e. The second kappa shape index (κ2) is 6.74. The van der Waals surface area contributed by atoms with Crippen molar-refractivity contribution < 1.29 is 13.5 Å². The lowest BCUT2D eigenvalue weighted by Crippen LogP contribution is -2.48. The zero-order valence-electron chi connectivity index (χ0n) is 14.5. The molecule has 6 nitrogen and oxygen atoms in total. The third kappa shape index (κ3) is 3.84. The summed E-state index contributed by atoms with van der Waals surface area (Å²) in [5, 5.41) is 10.1. The normalized spacial score (nSPS) is 16.8. The molecule has 1 aromatic heterocycles. The average molecular weight is 361 g/mol. The molecule has 1 aliphatic heterocycles. The first-order valence-electron chi connectivity index (χ1n) is 8.27. The Morgan fingerprint density at radius 1 is 1.00 bits per heavy atom. The third-order valence-electron chi connectivity index (χ3n) is 4.42. The summed E-state index contributed by atoms with van der Waals surface area (Å²) >= 11 is 0. The molecule has 1 N–H and O–H groups in total. The van der Waals surface area contributed by atoms with Crippen LogP contribution in [0.25, 0.3) is 0 Å². The fraction of sp³-hybridized carbons (Fsp3) is 0.389. The lowest BCUT2D eigenvalue weighted by atomic mass is 9.98. The molecular formula is C18H23N3O3S.